The number of aldehydes is 1. The molecule has 1 aromatic carbocycles. The van der Waals surface area contributed by atoms with Crippen molar-refractivity contribution in [3.63, 3.8) is 0 Å². The number of ether oxygens (including phenoxy) is 1. The summed E-state index contributed by atoms with van der Waals surface area (Å²) in [5.74, 6) is -1.56. The average Bonchev–Trinajstić information content (AvgIpc) is 2.37. The van der Waals surface area contributed by atoms with Crippen LogP contribution in [0.2, 0.25) is 0 Å². The molecule has 7 nitrogen and oxygen atoms in total. The van der Waals surface area contributed by atoms with Gasteiger partial charge in [-0.3, -0.25) is 14.9 Å². The quantitative estimate of drug-likeness (QED) is 0.597. The number of amides is 3. The SMILES string of the molecule is C[C@@H](OC(=O)c1ccc(C=O)cc1)C(=O)NC(N)=O. The van der Waals surface area contributed by atoms with Crippen LogP contribution in [0.25, 0.3) is 0 Å². The second-order valence-corrected chi connectivity index (χ2v) is 3.64. The smallest absolute Gasteiger partial charge is 0.338 e. The molecule has 0 aromatic heterocycles. The molecule has 0 bridgehead atoms. The van der Waals surface area contributed by atoms with Gasteiger partial charge in [-0.15, -0.1) is 0 Å². The molecule has 100 valence electrons. The molecule has 0 spiro atoms. The molecule has 3 amide bonds. The van der Waals surface area contributed by atoms with Crippen molar-refractivity contribution >= 4 is 24.2 Å². The summed E-state index contributed by atoms with van der Waals surface area (Å²) in [4.78, 5) is 43.8. The monoisotopic (exact) mass is 264 g/mol. The lowest BCUT2D eigenvalue weighted by atomic mass is 10.1. The predicted octanol–water partition coefficient (Wildman–Crippen LogP) is 0.239. The van der Waals surface area contributed by atoms with Gasteiger partial charge >= 0.3 is 12.0 Å². The predicted molar refractivity (Wildman–Crippen MR) is 64.4 cm³/mol. The summed E-state index contributed by atoms with van der Waals surface area (Å²) in [6, 6.07) is 4.65. The van der Waals surface area contributed by atoms with Crippen LogP contribution in [-0.4, -0.2) is 30.3 Å². The Hall–Kier alpha value is -2.70. The van der Waals surface area contributed by atoms with E-state index in [0.29, 0.717) is 11.8 Å². The van der Waals surface area contributed by atoms with Crippen LogP contribution in [0.4, 0.5) is 4.79 Å². The number of carbonyl (C=O) groups excluding carboxylic acids is 4. The van der Waals surface area contributed by atoms with Crippen LogP contribution in [0.5, 0.6) is 0 Å². The first-order chi connectivity index (χ1) is 8.93. The maximum absolute atomic E-state index is 11.6. The molecule has 0 aliphatic heterocycles. The highest BCUT2D eigenvalue weighted by Crippen LogP contribution is 2.06. The minimum atomic E-state index is -1.16. The molecule has 0 heterocycles. The number of benzene rings is 1. The fraction of sp³-hybridized carbons (Fsp3) is 0.167. The van der Waals surface area contributed by atoms with E-state index >= 15 is 0 Å². The molecule has 0 saturated carbocycles. The van der Waals surface area contributed by atoms with Gasteiger partial charge < -0.3 is 10.5 Å². The first-order valence-corrected chi connectivity index (χ1v) is 5.30. The van der Waals surface area contributed by atoms with E-state index in [1.807, 2.05) is 0 Å². The van der Waals surface area contributed by atoms with Gasteiger partial charge in [-0.25, -0.2) is 9.59 Å². The Morgan fingerprint density at radius 2 is 1.84 bits per heavy atom. The highest BCUT2D eigenvalue weighted by molar-refractivity contribution is 5.98. The van der Waals surface area contributed by atoms with Crippen molar-refractivity contribution in [2.24, 2.45) is 5.73 Å². The summed E-state index contributed by atoms with van der Waals surface area (Å²) < 4.78 is 4.83. The zero-order valence-electron chi connectivity index (χ0n) is 10.1. The number of imide groups is 1. The molecule has 19 heavy (non-hydrogen) atoms. The number of nitrogens with two attached hydrogens (primary N) is 1. The van der Waals surface area contributed by atoms with Gasteiger partial charge in [0.25, 0.3) is 5.91 Å². The van der Waals surface area contributed by atoms with Gasteiger partial charge in [0.05, 0.1) is 5.56 Å². The molecule has 1 atom stereocenters. The first-order valence-electron chi connectivity index (χ1n) is 5.30. The van der Waals surface area contributed by atoms with E-state index in [2.05, 4.69) is 0 Å². The fourth-order valence-electron chi connectivity index (χ4n) is 1.20. The molecular weight excluding hydrogens is 252 g/mol. The van der Waals surface area contributed by atoms with E-state index in [1.165, 1.54) is 31.2 Å². The highest BCUT2D eigenvalue weighted by atomic mass is 16.5. The van der Waals surface area contributed by atoms with Crippen molar-refractivity contribution < 1.29 is 23.9 Å². The van der Waals surface area contributed by atoms with E-state index in [9.17, 15) is 19.2 Å². The molecule has 0 aliphatic rings. The molecule has 0 saturated heterocycles. The van der Waals surface area contributed by atoms with Crippen LogP contribution in [0.3, 0.4) is 0 Å². The molecule has 0 fully saturated rings. The Kier molecular flexibility index (Phi) is 4.76. The zero-order valence-corrected chi connectivity index (χ0v) is 10.1. The summed E-state index contributed by atoms with van der Waals surface area (Å²) in [6.45, 7) is 1.30. The third kappa shape index (κ3) is 4.23. The normalized spacial score (nSPS) is 11.2. The summed E-state index contributed by atoms with van der Waals surface area (Å²) in [5, 5.41) is 1.79. The van der Waals surface area contributed by atoms with Crippen molar-refractivity contribution in [2.45, 2.75) is 13.0 Å². The Labute approximate surface area is 108 Å². The molecule has 0 radical (unpaired) electrons. The highest BCUT2D eigenvalue weighted by Gasteiger charge is 2.19. The summed E-state index contributed by atoms with van der Waals surface area (Å²) in [6.07, 6.45) is -0.524. The Morgan fingerprint density at radius 1 is 1.26 bits per heavy atom. The molecule has 1 aromatic rings. The number of carbonyl (C=O) groups is 4. The number of urea groups is 1. The van der Waals surface area contributed by atoms with Crippen LogP contribution >= 0.6 is 0 Å². The van der Waals surface area contributed by atoms with Gasteiger partial charge in [0.15, 0.2) is 6.10 Å². The van der Waals surface area contributed by atoms with Crippen molar-refractivity contribution in [1.29, 1.82) is 0 Å². The van der Waals surface area contributed by atoms with Crippen LogP contribution in [0.15, 0.2) is 24.3 Å². The molecule has 0 aliphatic carbocycles. The molecular formula is C12H12N2O5. The first kappa shape index (κ1) is 14.4. The van der Waals surface area contributed by atoms with E-state index in [0.717, 1.165) is 0 Å². The van der Waals surface area contributed by atoms with Gasteiger partial charge in [-0.1, -0.05) is 12.1 Å². The number of primary amides is 1. The topological polar surface area (TPSA) is 116 Å². The lowest BCUT2D eigenvalue weighted by Gasteiger charge is -2.11. The second-order valence-electron chi connectivity index (χ2n) is 3.64. The molecule has 0 unspecified atom stereocenters. The average molecular weight is 264 g/mol. The van der Waals surface area contributed by atoms with Crippen LogP contribution in [0, 0.1) is 0 Å². The maximum Gasteiger partial charge on any atom is 0.338 e. The van der Waals surface area contributed by atoms with Gasteiger partial charge in [0, 0.05) is 5.56 Å². The van der Waals surface area contributed by atoms with Crippen molar-refractivity contribution in [3.05, 3.63) is 35.4 Å². The number of hydrogen-bond acceptors (Lipinski definition) is 5. The number of hydrogen-bond donors (Lipinski definition) is 2. The summed E-state index contributed by atoms with van der Waals surface area (Å²) in [5.41, 5.74) is 5.36. The largest absolute Gasteiger partial charge is 0.449 e. The van der Waals surface area contributed by atoms with Crippen molar-refractivity contribution in [1.82, 2.24) is 5.32 Å². The van der Waals surface area contributed by atoms with Gasteiger partial charge in [-0.05, 0) is 19.1 Å². The van der Waals surface area contributed by atoms with E-state index in [1.54, 1.807) is 5.32 Å². The standard InChI is InChI=1S/C12H12N2O5/c1-7(10(16)14-12(13)18)19-11(17)9-4-2-8(6-15)3-5-9/h2-7H,1H3,(H3,13,14,16,18)/t7-/m1/s1. The Bertz CT molecular complexity index is 509. The summed E-state index contributed by atoms with van der Waals surface area (Å²) in [7, 11) is 0. The molecule has 1 rings (SSSR count). The minimum absolute atomic E-state index is 0.185. The van der Waals surface area contributed by atoms with E-state index in [-0.39, 0.29) is 5.56 Å². The van der Waals surface area contributed by atoms with Crippen LogP contribution < -0.4 is 11.1 Å². The van der Waals surface area contributed by atoms with E-state index in [4.69, 9.17) is 10.5 Å². The maximum atomic E-state index is 11.6. The van der Waals surface area contributed by atoms with Crippen LogP contribution in [0.1, 0.15) is 27.6 Å². The lowest BCUT2D eigenvalue weighted by Crippen LogP contribution is -2.42. The van der Waals surface area contributed by atoms with Gasteiger partial charge in [-0.2, -0.15) is 0 Å². The minimum Gasteiger partial charge on any atom is -0.449 e. The molecule has 3 N–H and O–H groups in total. The Morgan fingerprint density at radius 3 is 2.32 bits per heavy atom. The van der Waals surface area contributed by atoms with E-state index < -0.39 is 24.0 Å². The fourth-order valence-corrected chi connectivity index (χ4v) is 1.20. The number of nitrogens with one attached hydrogen (secondary N) is 1. The van der Waals surface area contributed by atoms with Crippen molar-refractivity contribution in [2.75, 3.05) is 0 Å². The zero-order chi connectivity index (χ0) is 14.4. The van der Waals surface area contributed by atoms with Crippen LogP contribution in [-0.2, 0) is 9.53 Å². The number of esters is 1. The third-order valence-electron chi connectivity index (χ3n) is 2.18. The number of rotatable bonds is 4. The third-order valence-corrected chi connectivity index (χ3v) is 2.18. The lowest BCUT2D eigenvalue weighted by molar-refractivity contribution is -0.127. The second kappa shape index (κ2) is 6.29. The van der Waals surface area contributed by atoms with Crippen molar-refractivity contribution in [3.8, 4) is 0 Å². The Balaban J connectivity index is 2.65. The van der Waals surface area contributed by atoms with Gasteiger partial charge in [0.1, 0.15) is 6.29 Å². The molecule has 7 heteroatoms. The van der Waals surface area contributed by atoms with Gasteiger partial charge in [0.2, 0.25) is 0 Å². The summed E-state index contributed by atoms with van der Waals surface area (Å²) >= 11 is 0.